The van der Waals surface area contributed by atoms with Gasteiger partial charge in [0.25, 0.3) is 0 Å². The van der Waals surface area contributed by atoms with Gasteiger partial charge in [-0.1, -0.05) is 6.92 Å². The lowest BCUT2D eigenvalue weighted by molar-refractivity contribution is 0.213. The molecule has 0 radical (unpaired) electrons. The Morgan fingerprint density at radius 3 is 2.74 bits per heavy atom. The molecule has 1 aromatic carbocycles. The van der Waals surface area contributed by atoms with Crippen molar-refractivity contribution in [3.8, 4) is 5.75 Å². The van der Waals surface area contributed by atoms with E-state index in [0.29, 0.717) is 12.6 Å². The number of likely N-dealkylation sites (N-methyl/N-ethyl adjacent to an activating group) is 1. The van der Waals surface area contributed by atoms with Gasteiger partial charge in [-0.05, 0) is 26.5 Å². The maximum absolute atomic E-state index is 5.97. The lowest BCUT2D eigenvalue weighted by Gasteiger charge is -2.40. The van der Waals surface area contributed by atoms with Crippen molar-refractivity contribution in [1.29, 1.82) is 0 Å². The maximum Gasteiger partial charge on any atom is 0.123 e. The van der Waals surface area contributed by atoms with Gasteiger partial charge >= 0.3 is 0 Å². The molecule has 1 heterocycles. The van der Waals surface area contributed by atoms with Gasteiger partial charge in [-0.15, -0.1) is 0 Å². The number of hydrogen-bond donors (Lipinski definition) is 1. The average molecular weight is 263 g/mol. The quantitative estimate of drug-likeness (QED) is 0.846. The van der Waals surface area contributed by atoms with Crippen LogP contribution in [0.3, 0.4) is 0 Å². The molecule has 0 spiro atoms. The molecule has 0 amide bonds. The fraction of sp³-hybridized carbons (Fsp3) is 0.600. The molecular formula is C15H25N3O. The van der Waals surface area contributed by atoms with E-state index >= 15 is 0 Å². The van der Waals surface area contributed by atoms with Crippen LogP contribution in [0.25, 0.3) is 0 Å². The first-order chi connectivity index (χ1) is 9.13. The predicted octanol–water partition coefficient (Wildman–Crippen LogP) is 2.20. The van der Waals surface area contributed by atoms with Crippen LogP contribution >= 0.6 is 0 Å². The highest BCUT2D eigenvalue weighted by molar-refractivity contribution is 5.61. The summed E-state index contributed by atoms with van der Waals surface area (Å²) in [5, 5.41) is 0. The van der Waals surface area contributed by atoms with Gasteiger partial charge in [0.1, 0.15) is 5.75 Å². The van der Waals surface area contributed by atoms with Crippen LogP contribution in [0.4, 0.5) is 11.4 Å². The van der Waals surface area contributed by atoms with E-state index in [0.717, 1.165) is 31.1 Å². The largest absolute Gasteiger partial charge is 0.494 e. The Morgan fingerprint density at radius 1 is 1.26 bits per heavy atom. The number of nitrogen functional groups attached to an aromatic ring is 1. The number of piperazine rings is 1. The molecule has 0 saturated carbocycles. The first-order valence-corrected chi connectivity index (χ1v) is 7.12. The third-order valence-corrected chi connectivity index (χ3v) is 3.84. The normalized spacial score (nSPS) is 20.6. The topological polar surface area (TPSA) is 41.7 Å². The molecule has 106 valence electrons. The molecule has 0 aromatic heterocycles. The highest BCUT2D eigenvalue weighted by Crippen LogP contribution is 2.27. The number of rotatable bonds is 4. The molecule has 1 aliphatic rings. The Hall–Kier alpha value is -1.42. The number of anilines is 2. The van der Waals surface area contributed by atoms with Crippen LogP contribution in [0.15, 0.2) is 18.2 Å². The number of ether oxygens (including phenoxy) is 1. The summed E-state index contributed by atoms with van der Waals surface area (Å²) in [4.78, 5) is 4.85. The highest BCUT2D eigenvalue weighted by atomic mass is 16.5. The Bertz CT molecular complexity index is 422. The van der Waals surface area contributed by atoms with Crippen molar-refractivity contribution >= 4 is 11.4 Å². The Kier molecular flexibility index (Phi) is 4.53. The summed E-state index contributed by atoms with van der Waals surface area (Å²) in [7, 11) is 2.20. The van der Waals surface area contributed by atoms with Gasteiger partial charge in [-0.2, -0.15) is 0 Å². The van der Waals surface area contributed by atoms with E-state index in [4.69, 9.17) is 10.5 Å². The molecule has 4 nitrogen and oxygen atoms in total. The van der Waals surface area contributed by atoms with Crippen molar-refractivity contribution in [2.24, 2.45) is 0 Å². The standard InChI is InChI=1S/C15H25N3O/c1-4-13-11-18(7-6-17(13)3)14-8-12(16)9-15(10-14)19-5-2/h8-10,13H,4-7,11,16H2,1-3H3. The number of benzene rings is 1. The summed E-state index contributed by atoms with van der Waals surface area (Å²) >= 11 is 0. The summed E-state index contributed by atoms with van der Waals surface area (Å²) in [5.74, 6) is 0.865. The van der Waals surface area contributed by atoms with Gasteiger partial charge in [-0.3, -0.25) is 4.90 Å². The first kappa shape index (κ1) is 14.0. The van der Waals surface area contributed by atoms with E-state index < -0.39 is 0 Å². The molecule has 19 heavy (non-hydrogen) atoms. The molecule has 1 saturated heterocycles. The molecule has 4 heteroatoms. The third-order valence-electron chi connectivity index (χ3n) is 3.84. The van der Waals surface area contributed by atoms with Crippen LogP contribution in [-0.2, 0) is 0 Å². The second-order valence-electron chi connectivity index (χ2n) is 5.18. The molecule has 0 aliphatic carbocycles. The molecule has 1 aromatic rings. The first-order valence-electron chi connectivity index (χ1n) is 7.12. The second-order valence-corrected chi connectivity index (χ2v) is 5.18. The van der Waals surface area contributed by atoms with Gasteiger partial charge in [-0.25, -0.2) is 0 Å². The van der Waals surface area contributed by atoms with E-state index in [1.165, 1.54) is 12.1 Å². The lowest BCUT2D eigenvalue weighted by atomic mass is 10.1. The number of nitrogens with two attached hydrogens (primary N) is 1. The van der Waals surface area contributed by atoms with Crippen molar-refractivity contribution in [2.75, 3.05) is 43.9 Å². The number of nitrogens with zero attached hydrogens (tertiary/aromatic N) is 2. The zero-order valence-corrected chi connectivity index (χ0v) is 12.2. The van der Waals surface area contributed by atoms with E-state index in [1.807, 2.05) is 19.1 Å². The fourth-order valence-corrected chi connectivity index (χ4v) is 2.66. The van der Waals surface area contributed by atoms with Crippen LogP contribution in [0.1, 0.15) is 20.3 Å². The Labute approximate surface area is 116 Å². The van der Waals surface area contributed by atoms with Crippen LogP contribution in [0, 0.1) is 0 Å². The van der Waals surface area contributed by atoms with Crippen molar-refractivity contribution < 1.29 is 4.74 Å². The summed E-state index contributed by atoms with van der Waals surface area (Å²) < 4.78 is 5.58. The van der Waals surface area contributed by atoms with Crippen LogP contribution in [-0.4, -0.2) is 44.2 Å². The van der Waals surface area contributed by atoms with E-state index in [-0.39, 0.29) is 0 Å². The minimum atomic E-state index is 0.616. The molecule has 2 N–H and O–H groups in total. The highest BCUT2D eigenvalue weighted by Gasteiger charge is 2.23. The monoisotopic (exact) mass is 263 g/mol. The molecule has 1 fully saturated rings. The number of hydrogen-bond acceptors (Lipinski definition) is 4. The summed E-state index contributed by atoms with van der Waals surface area (Å²) in [6.45, 7) is 8.10. The van der Waals surface area contributed by atoms with Gasteiger partial charge in [0, 0.05) is 49.2 Å². The van der Waals surface area contributed by atoms with Crippen LogP contribution < -0.4 is 15.4 Å². The fourth-order valence-electron chi connectivity index (χ4n) is 2.66. The van der Waals surface area contributed by atoms with Gasteiger partial charge < -0.3 is 15.4 Å². The Balaban J connectivity index is 2.17. The zero-order valence-electron chi connectivity index (χ0n) is 12.2. The summed E-state index contributed by atoms with van der Waals surface area (Å²) in [5.41, 5.74) is 7.92. The average Bonchev–Trinajstić information content (AvgIpc) is 2.39. The maximum atomic E-state index is 5.97. The second kappa shape index (κ2) is 6.15. The van der Waals surface area contributed by atoms with E-state index in [2.05, 4.69) is 29.8 Å². The minimum absolute atomic E-state index is 0.616. The van der Waals surface area contributed by atoms with E-state index in [9.17, 15) is 0 Å². The molecule has 1 aliphatic heterocycles. The minimum Gasteiger partial charge on any atom is -0.494 e. The van der Waals surface area contributed by atoms with Crippen LogP contribution in [0.2, 0.25) is 0 Å². The zero-order chi connectivity index (χ0) is 13.8. The molecule has 0 bridgehead atoms. The van der Waals surface area contributed by atoms with Gasteiger partial charge in [0.2, 0.25) is 0 Å². The predicted molar refractivity (Wildman–Crippen MR) is 80.9 cm³/mol. The van der Waals surface area contributed by atoms with Crippen molar-refractivity contribution in [3.63, 3.8) is 0 Å². The molecule has 2 rings (SSSR count). The van der Waals surface area contributed by atoms with E-state index in [1.54, 1.807) is 0 Å². The summed E-state index contributed by atoms with van der Waals surface area (Å²) in [6, 6.07) is 6.64. The van der Waals surface area contributed by atoms with Crippen LogP contribution in [0.5, 0.6) is 5.75 Å². The third kappa shape index (κ3) is 3.32. The van der Waals surface area contributed by atoms with Crippen molar-refractivity contribution in [3.05, 3.63) is 18.2 Å². The Morgan fingerprint density at radius 2 is 2.05 bits per heavy atom. The smallest absolute Gasteiger partial charge is 0.123 e. The summed E-state index contributed by atoms with van der Waals surface area (Å²) in [6.07, 6.45) is 1.17. The van der Waals surface area contributed by atoms with Gasteiger partial charge in [0.05, 0.1) is 6.61 Å². The van der Waals surface area contributed by atoms with Crippen molar-refractivity contribution in [2.45, 2.75) is 26.3 Å². The van der Waals surface area contributed by atoms with Gasteiger partial charge in [0.15, 0.2) is 0 Å². The SMILES string of the molecule is CCOc1cc(N)cc(N2CCN(C)C(CC)C2)c1. The molecule has 1 unspecified atom stereocenters. The molecule has 1 atom stereocenters. The van der Waals surface area contributed by atoms with Crippen molar-refractivity contribution in [1.82, 2.24) is 4.90 Å². The lowest BCUT2D eigenvalue weighted by Crippen LogP contribution is -2.51. The molecular weight excluding hydrogens is 238 g/mol.